The summed E-state index contributed by atoms with van der Waals surface area (Å²) in [5.41, 5.74) is 1.04. The van der Waals surface area contributed by atoms with Gasteiger partial charge in [-0.2, -0.15) is 13.2 Å². The molecule has 1 aromatic rings. The van der Waals surface area contributed by atoms with Crippen molar-refractivity contribution in [3.8, 4) is 0 Å². The zero-order valence-corrected chi connectivity index (χ0v) is 15.4. The first kappa shape index (κ1) is 20.2. The second-order valence-corrected chi connectivity index (χ2v) is 7.32. The molecule has 142 valence electrons. The summed E-state index contributed by atoms with van der Waals surface area (Å²) in [5, 5.41) is 3.20. The van der Waals surface area contributed by atoms with Crippen LogP contribution in [0.1, 0.15) is 37.8 Å². The minimum Gasteiger partial charge on any atom is -0.306 e. The molecule has 1 fully saturated rings. The van der Waals surface area contributed by atoms with Gasteiger partial charge in [0.2, 0.25) is 0 Å². The van der Waals surface area contributed by atoms with Gasteiger partial charge in [-0.25, -0.2) is 0 Å². The van der Waals surface area contributed by atoms with E-state index in [1.807, 2.05) is 30.3 Å². The van der Waals surface area contributed by atoms with Crippen LogP contribution in [0.25, 0.3) is 0 Å². The van der Waals surface area contributed by atoms with Crippen molar-refractivity contribution in [3.05, 3.63) is 35.9 Å². The first-order valence-electron chi connectivity index (χ1n) is 9.01. The van der Waals surface area contributed by atoms with Crippen LogP contribution >= 0.6 is 0 Å². The van der Waals surface area contributed by atoms with Crippen LogP contribution < -0.4 is 5.32 Å². The third-order valence-corrected chi connectivity index (χ3v) is 5.01. The van der Waals surface area contributed by atoms with E-state index in [0.717, 1.165) is 31.5 Å². The van der Waals surface area contributed by atoms with Crippen molar-refractivity contribution >= 4 is 0 Å². The maximum atomic E-state index is 12.7. The van der Waals surface area contributed by atoms with Crippen LogP contribution in [0.5, 0.6) is 0 Å². The SMILES string of the molecule is C[C@@H](CC(F)(F)F)N[C@H](CN(C)C1CCN(C)CC1)c1ccccc1. The minimum absolute atomic E-state index is 0.108. The molecule has 1 aromatic carbocycles. The van der Waals surface area contributed by atoms with Crippen molar-refractivity contribution < 1.29 is 13.2 Å². The molecule has 2 atom stereocenters. The highest BCUT2D eigenvalue weighted by atomic mass is 19.4. The van der Waals surface area contributed by atoms with E-state index < -0.39 is 18.6 Å². The Hall–Kier alpha value is -1.11. The normalized spacial score (nSPS) is 20.0. The number of benzene rings is 1. The number of hydrogen-bond acceptors (Lipinski definition) is 3. The quantitative estimate of drug-likeness (QED) is 0.803. The van der Waals surface area contributed by atoms with Gasteiger partial charge < -0.3 is 15.1 Å². The van der Waals surface area contributed by atoms with Gasteiger partial charge in [0.25, 0.3) is 0 Å². The number of nitrogens with zero attached hydrogens (tertiary/aromatic N) is 2. The van der Waals surface area contributed by atoms with Crippen molar-refractivity contribution in [2.75, 3.05) is 33.7 Å². The van der Waals surface area contributed by atoms with Gasteiger partial charge in [-0.05, 0) is 52.5 Å². The molecule has 1 heterocycles. The maximum Gasteiger partial charge on any atom is 0.390 e. The summed E-state index contributed by atoms with van der Waals surface area (Å²) < 4.78 is 38.1. The van der Waals surface area contributed by atoms with E-state index in [9.17, 15) is 13.2 Å². The van der Waals surface area contributed by atoms with Gasteiger partial charge in [-0.3, -0.25) is 0 Å². The topological polar surface area (TPSA) is 18.5 Å². The molecule has 0 amide bonds. The Morgan fingerprint density at radius 2 is 1.80 bits per heavy atom. The lowest BCUT2D eigenvalue weighted by molar-refractivity contribution is -0.139. The second kappa shape index (κ2) is 9.01. The van der Waals surface area contributed by atoms with Crippen LogP contribution in [0.2, 0.25) is 0 Å². The van der Waals surface area contributed by atoms with Gasteiger partial charge in [-0.1, -0.05) is 30.3 Å². The molecule has 0 aliphatic carbocycles. The molecule has 0 radical (unpaired) electrons. The van der Waals surface area contributed by atoms with Gasteiger partial charge in [0, 0.05) is 24.7 Å². The molecular formula is C19H30F3N3. The summed E-state index contributed by atoms with van der Waals surface area (Å²) in [6.45, 7) is 4.46. The standard InChI is InChI=1S/C19H30F3N3/c1-15(13-19(20,21)22)23-18(16-7-5-4-6-8-16)14-25(3)17-9-11-24(2)12-10-17/h4-8,15,17-18,23H,9-14H2,1-3H3/t15-,18+/m0/s1. The Morgan fingerprint density at radius 3 is 2.36 bits per heavy atom. The molecule has 0 unspecified atom stereocenters. The Balaban J connectivity index is 2.01. The number of halogens is 3. The molecule has 3 nitrogen and oxygen atoms in total. The Morgan fingerprint density at radius 1 is 1.20 bits per heavy atom. The van der Waals surface area contributed by atoms with E-state index >= 15 is 0 Å². The van der Waals surface area contributed by atoms with Crippen LogP contribution in [0.15, 0.2) is 30.3 Å². The summed E-state index contributed by atoms with van der Waals surface area (Å²) in [6.07, 6.45) is -2.75. The minimum atomic E-state index is -4.15. The van der Waals surface area contributed by atoms with Gasteiger partial charge in [0.05, 0.1) is 6.42 Å². The molecule has 0 saturated carbocycles. The number of alkyl halides is 3. The second-order valence-electron chi connectivity index (χ2n) is 7.32. The first-order valence-corrected chi connectivity index (χ1v) is 9.01. The average molecular weight is 357 g/mol. The zero-order chi connectivity index (χ0) is 18.4. The fraction of sp³-hybridized carbons (Fsp3) is 0.684. The van der Waals surface area contributed by atoms with Crippen LogP contribution in [0.3, 0.4) is 0 Å². The van der Waals surface area contributed by atoms with Crippen LogP contribution in [0, 0.1) is 0 Å². The third-order valence-electron chi connectivity index (χ3n) is 5.01. The predicted octanol–water partition coefficient (Wildman–Crippen LogP) is 3.68. The molecule has 1 aliphatic heterocycles. The Labute approximate surface area is 149 Å². The van der Waals surface area contributed by atoms with Gasteiger partial charge in [0.1, 0.15) is 0 Å². The fourth-order valence-electron chi connectivity index (χ4n) is 3.56. The average Bonchev–Trinajstić information content (AvgIpc) is 2.54. The summed E-state index contributed by atoms with van der Waals surface area (Å²) in [7, 11) is 4.21. The van der Waals surface area contributed by atoms with E-state index in [1.165, 1.54) is 0 Å². The highest BCUT2D eigenvalue weighted by Crippen LogP contribution is 2.24. The number of likely N-dealkylation sites (N-methyl/N-ethyl adjacent to an activating group) is 1. The Bertz CT molecular complexity index is 498. The lowest BCUT2D eigenvalue weighted by Gasteiger charge is -2.37. The summed E-state index contributed by atoms with van der Waals surface area (Å²) >= 11 is 0. The summed E-state index contributed by atoms with van der Waals surface area (Å²) in [6, 6.07) is 9.55. The lowest BCUT2D eigenvalue weighted by atomic mass is 10.0. The number of nitrogens with one attached hydrogen (secondary N) is 1. The first-order chi connectivity index (χ1) is 11.7. The van der Waals surface area contributed by atoms with Crippen molar-refractivity contribution in [3.63, 3.8) is 0 Å². The molecule has 0 aromatic heterocycles. The maximum absolute atomic E-state index is 12.7. The number of piperidine rings is 1. The van der Waals surface area contributed by atoms with E-state index in [-0.39, 0.29) is 6.04 Å². The number of rotatable bonds is 7. The molecule has 0 spiro atoms. The summed E-state index contributed by atoms with van der Waals surface area (Å²) in [5.74, 6) is 0. The molecule has 1 N–H and O–H groups in total. The molecule has 1 saturated heterocycles. The number of hydrogen-bond donors (Lipinski definition) is 1. The Kier molecular flexibility index (Phi) is 7.28. The number of likely N-dealkylation sites (tertiary alicyclic amines) is 1. The van der Waals surface area contributed by atoms with Crippen LogP contribution in [-0.4, -0.2) is 61.8 Å². The molecular weight excluding hydrogens is 327 g/mol. The van der Waals surface area contributed by atoms with Gasteiger partial charge in [0.15, 0.2) is 0 Å². The van der Waals surface area contributed by atoms with E-state index in [0.29, 0.717) is 12.6 Å². The monoisotopic (exact) mass is 357 g/mol. The highest BCUT2D eigenvalue weighted by Gasteiger charge is 2.31. The van der Waals surface area contributed by atoms with Gasteiger partial charge >= 0.3 is 6.18 Å². The van der Waals surface area contributed by atoms with Crippen molar-refractivity contribution in [2.45, 2.75) is 50.5 Å². The van der Waals surface area contributed by atoms with Crippen molar-refractivity contribution in [1.82, 2.24) is 15.1 Å². The third kappa shape index (κ3) is 6.96. The van der Waals surface area contributed by atoms with E-state index in [1.54, 1.807) is 6.92 Å². The van der Waals surface area contributed by atoms with Crippen molar-refractivity contribution in [1.29, 1.82) is 0 Å². The summed E-state index contributed by atoms with van der Waals surface area (Å²) in [4.78, 5) is 4.63. The smallest absolute Gasteiger partial charge is 0.306 e. The zero-order valence-electron chi connectivity index (χ0n) is 15.4. The van der Waals surface area contributed by atoms with E-state index in [4.69, 9.17) is 0 Å². The largest absolute Gasteiger partial charge is 0.390 e. The van der Waals surface area contributed by atoms with E-state index in [2.05, 4.69) is 29.2 Å². The molecule has 1 aliphatic rings. The van der Waals surface area contributed by atoms with Crippen LogP contribution in [0.4, 0.5) is 13.2 Å². The molecule has 2 rings (SSSR count). The predicted molar refractivity (Wildman–Crippen MR) is 95.6 cm³/mol. The molecule has 6 heteroatoms. The highest BCUT2D eigenvalue weighted by molar-refractivity contribution is 5.19. The van der Waals surface area contributed by atoms with Crippen LogP contribution in [-0.2, 0) is 0 Å². The van der Waals surface area contributed by atoms with Gasteiger partial charge in [-0.15, -0.1) is 0 Å². The van der Waals surface area contributed by atoms with Crippen molar-refractivity contribution in [2.24, 2.45) is 0 Å². The molecule has 0 bridgehead atoms. The molecule has 25 heavy (non-hydrogen) atoms. The fourth-order valence-corrected chi connectivity index (χ4v) is 3.56. The lowest BCUT2D eigenvalue weighted by Crippen LogP contribution is -2.46.